The van der Waals surface area contributed by atoms with Crippen molar-refractivity contribution in [1.82, 2.24) is 0 Å². The molecule has 0 radical (unpaired) electrons. The SMILES string of the molecule is CCCC1CCC(O)(Cc2ccc(Br)cc2F)CC1. The first-order chi connectivity index (χ1) is 9.02. The maximum Gasteiger partial charge on any atom is 0.127 e. The van der Waals surface area contributed by atoms with Gasteiger partial charge in [0.25, 0.3) is 0 Å². The summed E-state index contributed by atoms with van der Waals surface area (Å²) < 4.78 is 14.6. The third-order valence-corrected chi connectivity index (χ3v) is 4.76. The summed E-state index contributed by atoms with van der Waals surface area (Å²) in [5, 5.41) is 10.6. The molecule has 0 heterocycles. The molecule has 1 aromatic rings. The molecule has 1 aliphatic carbocycles. The zero-order valence-electron chi connectivity index (χ0n) is 11.5. The molecular formula is C16H22BrFO. The van der Waals surface area contributed by atoms with Crippen molar-refractivity contribution in [3.05, 3.63) is 34.1 Å². The molecule has 0 aliphatic heterocycles. The molecule has 1 nitrogen and oxygen atoms in total. The number of rotatable bonds is 4. The van der Waals surface area contributed by atoms with Crippen molar-refractivity contribution in [2.24, 2.45) is 5.92 Å². The molecule has 19 heavy (non-hydrogen) atoms. The Balaban J connectivity index is 1.99. The highest BCUT2D eigenvalue weighted by atomic mass is 79.9. The van der Waals surface area contributed by atoms with E-state index < -0.39 is 5.60 Å². The van der Waals surface area contributed by atoms with E-state index in [4.69, 9.17) is 0 Å². The summed E-state index contributed by atoms with van der Waals surface area (Å²) in [4.78, 5) is 0. The summed E-state index contributed by atoms with van der Waals surface area (Å²) in [7, 11) is 0. The average Bonchev–Trinajstić information content (AvgIpc) is 2.36. The van der Waals surface area contributed by atoms with Crippen LogP contribution in [0.1, 0.15) is 51.0 Å². The topological polar surface area (TPSA) is 20.2 Å². The van der Waals surface area contributed by atoms with E-state index in [9.17, 15) is 9.50 Å². The molecule has 1 saturated carbocycles. The van der Waals surface area contributed by atoms with Crippen LogP contribution in [-0.2, 0) is 6.42 Å². The molecule has 1 aliphatic rings. The Kier molecular flexibility index (Phi) is 5.02. The highest BCUT2D eigenvalue weighted by Crippen LogP contribution is 2.36. The van der Waals surface area contributed by atoms with E-state index in [0.717, 1.165) is 36.1 Å². The Bertz CT molecular complexity index is 425. The summed E-state index contributed by atoms with van der Waals surface area (Å²) in [6.45, 7) is 2.21. The normalized spacial score (nSPS) is 27.5. The van der Waals surface area contributed by atoms with Crippen molar-refractivity contribution in [1.29, 1.82) is 0 Å². The summed E-state index contributed by atoms with van der Waals surface area (Å²) >= 11 is 3.26. The Morgan fingerprint density at radius 2 is 2.05 bits per heavy atom. The molecule has 0 bridgehead atoms. The lowest BCUT2D eigenvalue weighted by Gasteiger charge is -2.36. The fourth-order valence-corrected chi connectivity index (χ4v) is 3.44. The number of halogens is 2. The van der Waals surface area contributed by atoms with Gasteiger partial charge in [-0.1, -0.05) is 41.8 Å². The standard InChI is InChI=1S/C16H22BrFO/c1-2-3-12-6-8-16(19,9-7-12)11-13-4-5-14(17)10-15(13)18/h4-5,10,12,19H,2-3,6-9,11H2,1H3. The molecule has 3 heteroatoms. The number of hydrogen-bond donors (Lipinski definition) is 1. The molecule has 0 amide bonds. The van der Waals surface area contributed by atoms with Crippen LogP contribution in [0.2, 0.25) is 0 Å². The number of aliphatic hydroxyl groups is 1. The second kappa shape index (κ2) is 6.36. The van der Waals surface area contributed by atoms with Gasteiger partial charge >= 0.3 is 0 Å². The van der Waals surface area contributed by atoms with Crippen LogP contribution in [0.5, 0.6) is 0 Å². The zero-order chi connectivity index (χ0) is 13.9. The molecule has 0 aromatic heterocycles. The smallest absolute Gasteiger partial charge is 0.127 e. The van der Waals surface area contributed by atoms with Crippen LogP contribution in [0.15, 0.2) is 22.7 Å². The lowest BCUT2D eigenvalue weighted by atomic mass is 9.74. The van der Waals surface area contributed by atoms with Gasteiger partial charge in [0, 0.05) is 10.9 Å². The van der Waals surface area contributed by atoms with Crippen molar-refractivity contribution >= 4 is 15.9 Å². The van der Waals surface area contributed by atoms with E-state index in [0.29, 0.717) is 12.0 Å². The molecule has 0 atom stereocenters. The first-order valence-electron chi connectivity index (χ1n) is 7.19. The fraction of sp³-hybridized carbons (Fsp3) is 0.625. The maximum absolute atomic E-state index is 13.8. The van der Waals surface area contributed by atoms with Gasteiger partial charge in [0.1, 0.15) is 5.82 Å². The predicted molar refractivity (Wildman–Crippen MR) is 79.6 cm³/mol. The van der Waals surface area contributed by atoms with Crippen molar-refractivity contribution in [2.45, 2.75) is 57.5 Å². The maximum atomic E-state index is 13.8. The van der Waals surface area contributed by atoms with E-state index in [1.165, 1.54) is 18.9 Å². The van der Waals surface area contributed by atoms with Gasteiger partial charge < -0.3 is 5.11 Å². The second-order valence-corrected chi connectivity index (χ2v) is 6.78. The van der Waals surface area contributed by atoms with Gasteiger partial charge in [-0.05, 0) is 49.3 Å². The summed E-state index contributed by atoms with van der Waals surface area (Å²) in [6, 6.07) is 5.08. The van der Waals surface area contributed by atoms with Gasteiger partial charge in [0.05, 0.1) is 5.60 Å². The first kappa shape index (κ1) is 15.0. The van der Waals surface area contributed by atoms with Crippen LogP contribution in [-0.4, -0.2) is 10.7 Å². The Hall–Kier alpha value is -0.410. The van der Waals surface area contributed by atoms with Gasteiger partial charge in [0.15, 0.2) is 0 Å². The van der Waals surface area contributed by atoms with Crippen LogP contribution in [0, 0.1) is 11.7 Å². The van der Waals surface area contributed by atoms with Crippen molar-refractivity contribution in [2.75, 3.05) is 0 Å². The van der Waals surface area contributed by atoms with Gasteiger partial charge in [-0.15, -0.1) is 0 Å². The lowest BCUT2D eigenvalue weighted by Crippen LogP contribution is -2.36. The van der Waals surface area contributed by atoms with Crippen LogP contribution in [0.3, 0.4) is 0 Å². The van der Waals surface area contributed by atoms with Crippen LogP contribution in [0.25, 0.3) is 0 Å². The minimum Gasteiger partial charge on any atom is -0.390 e. The van der Waals surface area contributed by atoms with Crippen LogP contribution in [0.4, 0.5) is 4.39 Å². The Morgan fingerprint density at radius 1 is 1.37 bits per heavy atom. The lowest BCUT2D eigenvalue weighted by molar-refractivity contribution is -0.0105. The zero-order valence-corrected chi connectivity index (χ0v) is 13.0. The molecule has 0 unspecified atom stereocenters. The Labute approximate surface area is 123 Å². The van der Waals surface area contributed by atoms with Crippen molar-refractivity contribution in [3.63, 3.8) is 0 Å². The van der Waals surface area contributed by atoms with E-state index in [1.807, 2.05) is 6.07 Å². The van der Waals surface area contributed by atoms with Crippen molar-refractivity contribution in [3.8, 4) is 0 Å². The third-order valence-electron chi connectivity index (χ3n) is 4.27. The number of hydrogen-bond acceptors (Lipinski definition) is 1. The van der Waals surface area contributed by atoms with E-state index >= 15 is 0 Å². The van der Waals surface area contributed by atoms with Crippen LogP contribution < -0.4 is 0 Å². The quantitative estimate of drug-likeness (QED) is 0.837. The monoisotopic (exact) mass is 328 g/mol. The third kappa shape index (κ3) is 4.03. The van der Waals surface area contributed by atoms with Gasteiger partial charge in [-0.2, -0.15) is 0 Å². The average molecular weight is 329 g/mol. The largest absolute Gasteiger partial charge is 0.390 e. The minimum absolute atomic E-state index is 0.224. The molecule has 1 aromatic carbocycles. The predicted octanol–water partition coefficient (Wildman–Crippen LogP) is 4.85. The van der Waals surface area contributed by atoms with Gasteiger partial charge in [-0.25, -0.2) is 4.39 Å². The highest BCUT2D eigenvalue weighted by molar-refractivity contribution is 9.10. The summed E-state index contributed by atoms with van der Waals surface area (Å²) in [5.74, 6) is 0.526. The molecule has 1 N–H and O–H groups in total. The van der Waals surface area contributed by atoms with E-state index in [-0.39, 0.29) is 5.82 Å². The van der Waals surface area contributed by atoms with Gasteiger partial charge in [0.2, 0.25) is 0 Å². The molecule has 0 saturated heterocycles. The molecule has 2 rings (SSSR count). The molecular weight excluding hydrogens is 307 g/mol. The van der Waals surface area contributed by atoms with Gasteiger partial charge in [-0.3, -0.25) is 0 Å². The second-order valence-electron chi connectivity index (χ2n) is 5.87. The number of benzene rings is 1. The van der Waals surface area contributed by atoms with Crippen LogP contribution >= 0.6 is 15.9 Å². The summed E-state index contributed by atoms with van der Waals surface area (Å²) in [6.07, 6.45) is 6.64. The first-order valence-corrected chi connectivity index (χ1v) is 7.98. The van der Waals surface area contributed by atoms with E-state index in [2.05, 4.69) is 22.9 Å². The van der Waals surface area contributed by atoms with Crippen molar-refractivity contribution < 1.29 is 9.50 Å². The summed E-state index contributed by atoms with van der Waals surface area (Å²) in [5.41, 5.74) is -0.0847. The minimum atomic E-state index is -0.709. The molecule has 106 valence electrons. The fourth-order valence-electron chi connectivity index (χ4n) is 3.11. The Morgan fingerprint density at radius 3 is 2.63 bits per heavy atom. The highest BCUT2D eigenvalue weighted by Gasteiger charge is 2.33. The van der Waals surface area contributed by atoms with E-state index in [1.54, 1.807) is 6.07 Å². The molecule has 1 fully saturated rings. The molecule has 0 spiro atoms.